The first-order valence-electron chi connectivity index (χ1n) is 5.29. The minimum Gasteiger partial charge on any atom is -0.478 e. The summed E-state index contributed by atoms with van der Waals surface area (Å²) in [5, 5.41) is 19.5. The maximum atomic E-state index is 11.0. The van der Waals surface area contributed by atoms with Crippen molar-refractivity contribution < 1.29 is 14.8 Å². The zero-order valence-electron chi connectivity index (χ0n) is 10.2. The fourth-order valence-electron chi connectivity index (χ4n) is 1.50. The van der Waals surface area contributed by atoms with Crippen LogP contribution >= 0.6 is 0 Å². The molecule has 0 atom stereocenters. The van der Waals surface area contributed by atoms with Crippen LogP contribution in [0, 0.1) is 22.5 Å². The Morgan fingerprint density at radius 2 is 2.32 bits per heavy atom. The van der Waals surface area contributed by atoms with E-state index < -0.39 is 10.9 Å². The number of rotatable bonds is 5. The minimum atomic E-state index is -1.11. The molecule has 0 bridgehead atoms. The number of nitro groups is 1. The van der Waals surface area contributed by atoms with E-state index in [4.69, 9.17) is 11.5 Å². The Bertz CT molecular complexity index is 572. The SMILES string of the molecule is C#CCN(C)c1ccc(/C=C/C(=O)O)cc1[N+](=O)[O-]. The molecule has 0 saturated heterocycles. The molecule has 1 aromatic carbocycles. The lowest BCUT2D eigenvalue weighted by Gasteiger charge is -2.16. The van der Waals surface area contributed by atoms with E-state index in [9.17, 15) is 14.9 Å². The van der Waals surface area contributed by atoms with E-state index in [2.05, 4.69) is 5.92 Å². The van der Waals surface area contributed by atoms with E-state index in [-0.39, 0.29) is 12.2 Å². The minimum absolute atomic E-state index is 0.120. The first-order chi connectivity index (χ1) is 8.95. The summed E-state index contributed by atoms with van der Waals surface area (Å²) in [6.07, 6.45) is 7.38. The summed E-state index contributed by atoms with van der Waals surface area (Å²) < 4.78 is 0. The molecule has 0 heterocycles. The van der Waals surface area contributed by atoms with Gasteiger partial charge in [0.05, 0.1) is 11.5 Å². The number of hydrogen-bond donors (Lipinski definition) is 1. The molecule has 0 amide bonds. The molecular formula is C13H12N2O4. The quantitative estimate of drug-likeness (QED) is 0.377. The topological polar surface area (TPSA) is 83.7 Å². The third-order valence-electron chi connectivity index (χ3n) is 2.35. The lowest BCUT2D eigenvalue weighted by atomic mass is 10.1. The van der Waals surface area contributed by atoms with Gasteiger partial charge in [0.25, 0.3) is 5.69 Å². The molecule has 0 aliphatic rings. The number of carboxylic acids is 1. The average Bonchev–Trinajstić information content (AvgIpc) is 2.36. The Morgan fingerprint density at radius 3 is 2.84 bits per heavy atom. The van der Waals surface area contributed by atoms with Crippen molar-refractivity contribution in [2.75, 3.05) is 18.5 Å². The van der Waals surface area contributed by atoms with Crippen LogP contribution in [0.1, 0.15) is 5.56 Å². The number of nitrogens with zero attached hydrogens (tertiary/aromatic N) is 2. The highest BCUT2D eigenvalue weighted by molar-refractivity contribution is 5.85. The Morgan fingerprint density at radius 1 is 1.63 bits per heavy atom. The fourth-order valence-corrected chi connectivity index (χ4v) is 1.50. The molecule has 0 fully saturated rings. The third-order valence-corrected chi connectivity index (χ3v) is 2.35. The highest BCUT2D eigenvalue weighted by Gasteiger charge is 2.16. The highest BCUT2D eigenvalue weighted by Crippen LogP contribution is 2.28. The summed E-state index contributed by atoms with van der Waals surface area (Å²) in [5.41, 5.74) is 0.702. The number of anilines is 1. The van der Waals surface area contributed by atoms with E-state index in [1.807, 2.05) is 0 Å². The summed E-state index contributed by atoms with van der Waals surface area (Å²) in [6.45, 7) is 0.241. The normalized spacial score (nSPS) is 10.1. The van der Waals surface area contributed by atoms with Crippen LogP contribution in [0.25, 0.3) is 6.08 Å². The lowest BCUT2D eigenvalue weighted by Crippen LogP contribution is -2.18. The number of aliphatic carboxylic acids is 1. The van der Waals surface area contributed by atoms with Gasteiger partial charge in [0.2, 0.25) is 0 Å². The number of carboxylic acid groups (broad SMARTS) is 1. The summed E-state index contributed by atoms with van der Waals surface area (Å²) in [6, 6.07) is 4.44. The number of benzene rings is 1. The second-order valence-corrected chi connectivity index (χ2v) is 3.74. The average molecular weight is 260 g/mol. The van der Waals surface area contributed by atoms with Crippen molar-refractivity contribution in [1.29, 1.82) is 0 Å². The predicted molar refractivity (Wildman–Crippen MR) is 71.9 cm³/mol. The summed E-state index contributed by atoms with van der Waals surface area (Å²) >= 11 is 0. The smallest absolute Gasteiger partial charge is 0.328 e. The zero-order chi connectivity index (χ0) is 14.4. The van der Waals surface area contributed by atoms with Gasteiger partial charge in [0, 0.05) is 19.2 Å². The van der Waals surface area contributed by atoms with Gasteiger partial charge in [-0.1, -0.05) is 12.0 Å². The Kier molecular flexibility index (Phi) is 4.66. The van der Waals surface area contributed by atoms with Crippen LogP contribution in [0.4, 0.5) is 11.4 Å². The highest BCUT2D eigenvalue weighted by atomic mass is 16.6. The molecule has 0 aromatic heterocycles. The molecule has 1 aromatic rings. The predicted octanol–water partition coefficient (Wildman–Crippen LogP) is 1.76. The van der Waals surface area contributed by atoms with Gasteiger partial charge in [-0.15, -0.1) is 6.42 Å². The monoisotopic (exact) mass is 260 g/mol. The molecule has 6 heteroatoms. The maximum Gasteiger partial charge on any atom is 0.328 e. The van der Waals surface area contributed by atoms with Gasteiger partial charge in [0.15, 0.2) is 0 Å². The molecule has 98 valence electrons. The second kappa shape index (κ2) is 6.21. The van der Waals surface area contributed by atoms with Crippen LogP contribution in [0.3, 0.4) is 0 Å². The molecule has 6 nitrogen and oxygen atoms in total. The van der Waals surface area contributed by atoms with Crippen molar-refractivity contribution in [3.05, 3.63) is 40.0 Å². The van der Waals surface area contributed by atoms with E-state index in [0.717, 1.165) is 6.08 Å². The van der Waals surface area contributed by atoms with Crippen LogP contribution in [0.5, 0.6) is 0 Å². The Labute approximate surface area is 110 Å². The van der Waals surface area contributed by atoms with Crippen molar-refractivity contribution in [2.45, 2.75) is 0 Å². The van der Waals surface area contributed by atoms with Gasteiger partial charge >= 0.3 is 5.97 Å². The Hall–Kier alpha value is -2.81. The molecule has 19 heavy (non-hydrogen) atoms. The van der Waals surface area contributed by atoms with Crippen molar-refractivity contribution in [2.24, 2.45) is 0 Å². The molecule has 0 radical (unpaired) electrons. The summed E-state index contributed by atoms with van der Waals surface area (Å²) in [4.78, 5) is 22.5. The van der Waals surface area contributed by atoms with Crippen LogP contribution in [-0.2, 0) is 4.79 Å². The van der Waals surface area contributed by atoms with Crippen molar-refractivity contribution in [3.63, 3.8) is 0 Å². The van der Waals surface area contributed by atoms with Gasteiger partial charge in [0.1, 0.15) is 5.69 Å². The molecule has 0 aliphatic carbocycles. The van der Waals surface area contributed by atoms with Crippen LogP contribution in [0.15, 0.2) is 24.3 Å². The van der Waals surface area contributed by atoms with Crippen molar-refractivity contribution in [3.8, 4) is 12.3 Å². The van der Waals surface area contributed by atoms with E-state index in [1.54, 1.807) is 18.0 Å². The molecule has 0 unspecified atom stereocenters. The maximum absolute atomic E-state index is 11.0. The van der Waals surface area contributed by atoms with Crippen molar-refractivity contribution in [1.82, 2.24) is 0 Å². The van der Waals surface area contributed by atoms with Crippen LogP contribution in [0.2, 0.25) is 0 Å². The first-order valence-corrected chi connectivity index (χ1v) is 5.29. The van der Waals surface area contributed by atoms with Gasteiger partial charge in [-0.25, -0.2) is 4.79 Å². The molecule has 0 saturated carbocycles. The second-order valence-electron chi connectivity index (χ2n) is 3.74. The van der Waals surface area contributed by atoms with Gasteiger partial charge in [-0.05, 0) is 17.7 Å². The fraction of sp³-hybridized carbons (Fsp3) is 0.154. The van der Waals surface area contributed by atoms with Gasteiger partial charge in [-0.2, -0.15) is 0 Å². The first kappa shape index (κ1) is 14.3. The van der Waals surface area contributed by atoms with E-state index >= 15 is 0 Å². The Balaban J connectivity index is 3.19. The standard InChI is InChI=1S/C13H12N2O4/c1-3-8-14(2)11-6-4-10(5-7-13(16)17)9-12(11)15(18)19/h1,4-7,9H,8H2,2H3,(H,16,17)/b7-5+. The van der Waals surface area contributed by atoms with E-state index in [0.29, 0.717) is 11.3 Å². The molecule has 0 spiro atoms. The zero-order valence-corrected chi connectivity index (χ0v) is 10.2. The number of hydrogen-bond acceptors (Lipinski definition) is 4. The largest absolute Gasteiger partial charge is 0.478 e. The molecule has 1 N–H and O–H groups in total. The van der Waals surface area contributed by atoms with Crippen LogP contribution in [-0.4, -0.2) is 29.6 Å². The van der Waals surface area contributed by atoms with Gasteiger partial charge < -0.3 is 10.0 Å². The third kappa shape index (κ3) is 3.85. The summed E-state index contributed by atoms with van der Waals surface area (Å²) in [5.74, 6) is 1.28. The van der Waals surface area contributed by atoms with Crippen molar-refractivity contribution >= 4 is 23.4 Å². The lowest BCUT2D eigenvalue weighted by molar-refractivity contribution is -0.384. The van der Waals surface area contributed by atoms with E-state index in [1.165, 1.54) is 18.2 Å². The number of nitro benzene ring substituents is 1. The molecular weight excluding hydrogens is 248 g/mol. The summed E-state index contributed by atoms with van der Waals surface area (Å²) in [7, 11) is 1.65. The molecule has 0 aliphatic heterocycles. The number of terminal acetylenes is 1. The van der Waals surface area contributed by atoms with Gasteiger partial charge in [-0.3, -0.25) is 10.1 Å². The number of carbonyl (C=O) groups is 1. The molecule has 1 rings (SSSR count). The van der Waals surface area contributed by atoms with Crippen LogP contribution < -0.4 is 4.90 Å².